The number of hydrogen-bond acceptors (Lipinski definition) is 3. The van der Waals surface area contributed by atoms with Crippen LogP contribution in [0.15, 0.2) is 42.5 Å². The SMILES string of the molecule is CC(C(=O)N[C@H]1Cc2ccccc2[C@@H]1NC(=O)OC(C)(C)C)c1ccc(F)cc1C(F)(F)F. The van der Waals surface area contributed by atoms with Crippen molar-refractivity contribution >= 4 is 12.0 Å². The predicted molar refractivity (Wildman–Crippen MR) is 114 cm³/mol. The Bertz CT molecular complexity index is 1050. The average molecular weight is 466 g/mol. The molecule has 3 rings (SSSR count). The van der Waals surface area contributed by atoms with Gasteiger partial charge < -0.3 is 15.4 Å². The summed E-state index contributed by atoms with van der Waals surface area (Å²) in [5, 5.41) is 5.53. The fraction of sp³-hybridized carbons (Fsp3) is 0.417. The van der Waals surface area contributed by atoms with E-state index in [9.17, 15) is 27.2 Å². The van der Waals surface area contributed by atoms with Crippen molar-refractivity contribution in [3.8, 4) is 0 Å². The van der Waals surface area contributed by atoms with Crippen molar-refractivity contribution in [3.05, 3.63) is 70.5 Å². The van der Waals surface area contributed by atoms with Crippen LogP contribution in [0.2, 0.25) is 0 Å². The number of alkyl halides is 3. The van der Waals surface area contributed by atoms with Crippen LogP contribution in [0.1, 0.15) is 61.9 Å². The lowest BCUT2D eigenvalue weighted by Gasteiger charge is -2.27. The lowest BCUT2D eigenvalue weighted by atomic mass is 9.94. The number of rotatable bonds is 4. The highest BCUT2D eigenvalue weighted by Gasteiger charge is 2.39. The van der Waals surface area contributed by atoms with Crippen LogP contribution in [-0.4, -0.2) is 23.6 Å². The molecule has 0 aliphatic heterocycles. The molecule has 0 bridgehead atoms. The zero-order chi connectivity index (χ0) is 24.6. The van der Waals surface area contributed by atoms with Gasteiger partial charge in [-0.05, 0) is 62.9 Å². The Morgan fingerprint density at radius 2 is 1.73 bits per heavy atom. The summed E-state index contributed by atoms with van der Waals surface area (Å²) in [5.41, 5.74) is -0.559. The molecule has 2 N–H and O–H groups in total. The largest absolute Gasteiger partial charge is 0.444 e. The van der Waals surface area contributed by atoms with E-state index in [1.54, 1.807) is 26.8 Å². The van der Waals surface area contributed by atoms with Gasteiger partial charge in [-0.15, -0.1) is 0 Å². The summed E-state index contributed by atoms with van der Waals surface area (Å²) in [6.45, 7) is 6.49. The van der Waals surface area contributed by atoms with Gasteiger partial charge in [0.2, 0.25) is 5.91 Å². The number of amides is 2. The molecule has 33 heavy (non-hydrogen) atoms. The van der Waals surface area contributed by atoms with Crippen LogP contribution >= 0.6 is 0 Å². The molecule has 0 heterocycles. The number of fused-ring (bicyclic) bond motifs is 1. The number of ether oxygens (including phenoxy) is 1. The molecule has 0 aromatic heterocycles. The highest BCUT2D eigenvalue weighted by molar-refractivity contribution is 5.84. The summed E-state index contributed by atoms with van der Waals surface area (Å²) >= 11 is 0. The molecule has 0 radical (unpaired) electrons. The molecule has 0 spiro atoms. The summed E-state index contributed by atoms with van der Waals surface area (Å²) in [5.74, 6) is -2.90. The third-order valence-electron chi connectivity index (χ3n) is 5.41. The van der Waals surface area contributed by atoms with Gasteiger partial charge in [0.25, 0.3) is 0 Å². The molecule has 0 saturated carbocycles. The highest BCUT2D eigenvalue weighted by Crippen LogP contribution is 2.37. The van der Waals surface area contributed by atoms with E-state index < -0.39 is 53.2 Å². The summed E-state index contributed by atoms with van der Waals surface area (Å²) in [7, 11) is 0. The van der Waals surface area contributed by atoms with E-state index in [1.165, 1.54) is 6.92 Å². The number of halogens is 4. The van der Waals surface area contributed by atoms with Crippen LogP contribution in [0.3, 0.4) is 0 Å². The Morgan fingerprint density at radius 3 is 2.36 bits per heavy atom. The van der Waals surface area contributed by atoms with Crippen LogP contribution < -0.4 is 10.6 Å². The van der Waals surface area contributed by atoms with Gasteiger partial charge in [0, 0.05) is 0 Å². The molecule has 2 amide bonds. The van der Waals surface area contributed by atoms with Crippen molar-refractivity contribution in [2.24, 2.45) is 0 Å². The van der Waals surface area contributed by atoms with Crippen molar-refractivity contribution in [2.45, 2.75) is 63.9 Å². The van der Waals surface area contributed by atoms with Gasteiger partial charge in [-0.2, -0.15) is 13.2 Å². The zero-order valence-electron chi connectivity index (χ0n) is 18.7. The molecule has 5 nitrogen and oxygen atoms in total. The fourth-order valence-electron chi connectivity index (χ4n) is 3.94. The molecule has 3 atom stereocenters. The van der Waals surface area contributed by atoms with E-state index in [4.69, 9.17) is 4.74 Å². The first-order valence-corrected chi connectivity index (χ1v) is 10.5. The van der Waals surface area contributed by atoms with Gasteiger partial charge in [0.05, 0.1) is 23.6 Å². The first-order chi connectivity index (χ1) is 15.3. The zero-order valence-corrected chi connectivity index (χ0v) is 18.7. The van der Waals surface area contributed by atoms with Crippen molar-refractivity contribution < 1.29 is 31.9 Å². The number of carbonyl (C=O) groups is 2. The van der Waals surface area contributed by atoms with Crippen molar-refractivity contribution in [2.75, 3.05) is 0 Å². The van der Waals surface area contributed by atoms with Gasteiger partial charge >= 0.3 is 12.3 Å². The molecule has 178 valence electrons. The van der Waals surface area contributed by atoms with E-state index in [2.05, 4.69) is 10.6 Å². The van der Waals surface area contributed by atoms with Gasteiger partial charge in [0.15, 0.2) is 0 Å². The number of benzene rings is 2. The molecule has 2 aromatic carbocycles. The molecule has 0 fully saturated rings. The maximum atomic E-state index is 13.5. The molecule has 2 aromatic rings. The predicted octanol–water partition coefficient (Wildman–Crippen LogP) is 5.25. The lowest BCUT2D eigenvalue weighted by Crippen LogP contribution is -2.46. The summed E-state index contributed by atoms with van der Waals surface area (Å²) in [6, 6.07) is 8.33. The van der Waals surface area contributed by atoms with Crippen molar-refractivity contribution in [3.63, 3.8) is 0 Å². The third-order valence-corrected chi connectivity index (χ3v) is 5.41. The molecule has 1 unspecified atom stereocenters. The van der Waals surface area contributed by atoms with Crippen LogP contribution in [0.4, 0.5) is 22.4 Å². The first kappa shape index (κ1) is 24.5. The monoisotopic (exact) mass is 466 g/mol. The first-order valence-electron chi connectivity index (χ1n) is 10.5. The Morgan fingerprint density at radius 1 is 1.06 bits per heavy atom. The van der Waals surface area contributed by atoms with Crippen molar-refractivity contribution in [1.29, 1.82) is 0 Å². The molecule has 1 aliphatic rings. The van der Waals surface area contributed by atoms with E-state index in [0.717, 1.165) is 23.3 Å². The third kappa shape index (κ3) is 5.83. The maximum Gasteiger partial charge on any atom is 0.416 e. The standard InChI is InChI=1S/C24H26F4N2O3/c1-13(16-10-9-15(25)12-18(16)24(26,27)28)21(31)29-19-11-14-7-5-6-8-17(14)20(19)30-22(32)33-23(2,3)4/h5-10,12-13,19-20H,11H2,1-4H3,(H,29,31)(H,30,32)/t13?,19-,20-/m0/s1. The number of hydrogen-bond donors (Lipinski definition) is 2. The highest BCUT2D eigenvalue weighted by atomic mass is 19.4. The summed E-state index contributed by atoms with van der Waals surface area (Å²) in [6.07, 6.45) is -5.10. The van der Waals surface area contributed by atoms with Crippen LogP contribution in [-0.2, 0) is 22.1 Å². The minimum absolute atomic E-state index is 0.325. The van der Waals surface area contributed by atoms with Gasteiger partial charge in [-0.1, -0.05) is 30.3 Å². The molecule has 1 aliphatic carbocycles. The lowest BCUT2D eigenvalue weighted by molar-refractivity contribution is -0.138. The van der Waals surface area contributed by atoms with Crippen LogP contribution in [0.5, 0.6) is 0 Å². The van der Waals surface area contributed by atoms with Crippen LogP contribution in [0, 0.1) is 5.82 Å². The number of carbonyl (C=O) groups excluding carboxylic acids is 2. The van der Waals surface area contributed by atoms with Gasteiger partial charge in [-0.25, -0.2) is 9.18 Å². The van der Waals surface area contributed by atoms with Gasteiger partial charge in [0.1, 0.15) is 11.4 Å². The molecular weight excluding hydrogens is 440 g/mol. The fourth-order valence-corrected chi connectivity index (χ4v) is 3.94. The Hall–Kier alpha value is -3.10. The minimum atomic E-state index is -4.81. The minimum Gasteiger partial charge on any atom is -0.444 e. The Balaban J connectivity index is 1.83. The smallest absolute Gasteiger partial charge is 0.416 e. The maximum absolute atomic E-state index is 13.5. The molecular formula is C24H26F4N2O3. The second-order valence-electron chi connectivity index (χ2n) is 9.09. The van der Waals surface area contributed by atoms with Crippen LogP contribution in [0.25, 0.3) is 0 Å². The topological polar surface area (TPSA) is 67.4 Å². The number of alkyl carbamates (subject to hydrolysis) is 1. The quantitative estimate of drug-likeness (QED) is 0.605. The molecule has 0 saturated heterocycles. The van der Waals surface area contributed by atoms with E-state index in [0.29, 0.717) is 12.5 Å². The van der Waals surface area contributed by atoms with E-state index >= 15 is 0 Å². The Labute approximate surface area is 189 Å². The van der Waals surface area contributed by atoms with E-state index in [-0.39, 0.29) is 5.56 Å². The average Bonchev–Trinajstić information content (AvgIpc) is 3.02. The second kappa shape index (κ2) is 9.03. The normalized spacial score (nSPS) is 18.9. The van der Waals surface area contributed by atoms with Crippen molar-refractivity contribution in [1.82, 2.24) is 10.6 Å². The summed E-state index contributed by atoms with van der Waals surface area (Å²) < 4.78 is 59.0. The van der Waals surface area contributed by atoms with Gasteiger partial charge in [-0.3, -0.25) is 4.79 Å². The second-order valence-corrected chi connectivity index (χ2v) is 9.09. The van der Waals surface area contributed by atoms with E-state index in [1.807, 2.05) is 18.2 Å². The Kier molecular flexibility index (Phi) is 6.72. The summed E-state index contributed by atoms with van der Waals surface area (Å²) in [4.78, 5) is 25.4. The number of nitrogens with one attached hydrogen (secondary N) is 2. The molecule has 9 heteroatoms.